The zero-order chi connectivity index (χ0) is 13.9. The molecule has 1 aliphatic heterocycles. The number of hydrogen-bond acceptors (Lipinski definition) is 2. The van der Waals surface area contributed by atoms with Gasteiger partial charge in [-0.25, -0.2) is 0 Å². The van der Waals surface area contributed by atoms with Crippen LogP contribution in [0, 0.1) is 5.92 Å². The number of amides is 1. The monoisotopic (exact) mass is 260 g/mol. The van der Waals surface area contributed by atoms with Gasteiger partial charge in [0.05, 0.1) is 0 Å². The van der Waals surface area contributed by atoms with Crippen LogP contribution in [0.3, 0.4) is 0 Å². The lowest BCUT2D eigenvalue weighted by molar-refractivity contribution is -0.136. The Balaban J connectivity index is 2.15. The number of piperidine rings is 1. The largest absolute Gasteiger partial charge is 0.342 e. The normalized spacial score (nSPS) is 25.1. The van der Waals surface area contributed by atoms with Gasteiger partial charge in [-0.15, -0.1) is 0 Å². The molecule has 0 radical (unpaired) electrons. The highest BCUT2D eigenvalue weighted by atomic mass is 16.2. The fourth-order valence-electron chi connectivity index (χ4n) is 2.92. The van der Waals surface area contributed by atoms with Crippen molar-refractivity contribution in [2.45, 2.75) is 32.1 Å². The predicted molar refractivity (Wildman–Crippen MR) is 77.8 cm³/mol. The third kappa shape index (κ3) is 2.98. The van der Waals surface area contributed by atoms with Gasteiger partial charge in [0.15, 0.2) is 0 Å². The first-order chi connectivity index (χ1) is 9.07. The summed E-state index contributed by atoms with van der Waals surface area (Å²) in [5.74, 6) is 0.127. The van der Waals surface area contributed by atoms with Gasteiger partial charge in [-0.05, 0) is 18.4 Å². The minimum atomic E-state index is -0.0712. The van der Waals surface area contributed by atoms with Crippen LogP contribution in [0.2, 0.25) is 0 Å². The first-order valence-corrected chi connectivity index (χ1v) is 7.11. The summed E-state index contributed by atoms with van der Waals surface area (Å²) in [7, 11) is 0. The van der Waals surface area contributed by atoms with Gasteiger partial charge in [-0.2, -0.15) is 0 Å². The number of likely N-dealkylation sites (tertiary alicyclic amines) is 1. The fourth-order valence-corrected chi connectivity index (χ4v) is 2.92. The molecule has 1 fully saturated rings. The Morgan fingerprint density at radius 1 is 1.42 bits per heavy atom. The van der Waals surface area contributed by atoms with Crippen LogP contribution in [-0.4, -0.2) is 30.4 Å². The van der Waals surface area contributed by atoms with Gasteiger partial charge < -0.3 is 10.6 Å². The lowest BCUT2D eigenvalue weighted by Gasteiger charge is -2.41. The molecule has 1 heterocycles. The summed E-state index contributed by atoms with van der Waals surface area (Å²) in [4.78, 5) is 14.3. The van der Waals surface area contributed by atoms with E-state index >= 15 is 0 Å². The van der Waals surface area contributed by atoms with Crippen molar-refractivity contribution in [2.24, 2.45) is 11.7 Å². The maximum atomic E-state index is 12.3. The van der Waals surface area contributed by atoms with Gasteiger partial charge in [0.1, 0.15) is 0 Å². The first kappa shape index (κ1) is 14.1. The second-order valence-corrected chi connectivity index (χ2v) is 5.93. The van der Waals surface area contributed by atoms with Gasteiger partial charge in [0, 0.05) is 31.0 Å². The summed E-state index contributed by atoms with van der Waals surface area (Å²) in [5, 5.41) is 0. The minimum absolute atomic E-state index is 0.0712. The SMILES string of the molecule is CC(CN)C(=O)N1CCCC(C)(c2ccccc2)C1. The zero-order valence-corrected chi connectivity index (χ0v) is 11.9. The van der Waals surface area contributed by atoms with Gasteiger partial charge in [0.25, 0.3) is 0 Å². The molecule has 1 saturated heterocycles. The van der Waals surface area contributed by atoms with E-state index < -0.39 is 0 Å². The number of carbonyl (C=O) groups excluding carboxylic acids is 1. The summed E-state index contributed by atoms with van der Waals surface area (Å²) >= 11 is 0. The molecule has 2 rings (SSSR count). The molecule has 1 aromatic carbocycles. The van der Waals surface area contributed by atoms with E-state index in [-0.39, 0.29) is 17.2 Å². The first-order valence-electron chi connectivity index (χ1n) is 7.11. The summed E-state index contributed by atoms with van der Waals surface area (Å²) < 4.78 is 0. The van der Waals surface area contributed by atoms with Gasteiger partial charge in [0.2, 0.25) is 5.91 Å². The van der Waals surface area contributed by atoms with Crippen molar-refractivity contribution in [1.29, 1.82) is 0 Å². The highest BCUT2D eigenvalue weighted by Gasteiger charge is 2.35. The van der Waals surface area contributed by atoms with Crippen molar-refractivity contribution in [3.63, 3.8) is 0 Å². The number of nitrogens with zero attached hydrogens (tertiary/aromatic N) is 1. The molecule has 0 aliphatic carbocycles. The molecular weight excluding hydrogens is 236 g/mol. The Bertz CT molecular complexity index is 432. The average Bonchev–Trinajstić information content (AvgIpc) is 2.46. The van der Waals surface area contributed by atoms with Crippen LogP contribution in [0.25, 0.3) is 0 Å². The second-order valence-electron chi connectivity index (χ2n) is 5.93. The number of carbonyl (C=O) groups is 1. The Kier molecular flexibility index (Phi) is 4.25. The lowest BCUT2D eigenvalue weighted by Crippen LogP contribution is -2.49. The number of nitrogens with two attached hydrogens (primary N) is 1. The molecule has 2 atom stereocenters. The summed E-state index contributed by atoms with van der Waals surface area (Å²) in [6.07, 6.45) is 2.20. The van der Waals surface area contributed by atoms with E-state index in [2.05, 4.69) is 31.2 Å². The van der Waals surface area contributed by atoms with Gasteiger partial charge >= 0.3 is 0 Å². The molecule has 2 N–H and O–H groups in total. The Morgan fingerprint density at radius 2 is 2.11 bits per heavy atom. The smallest absolute Gasteiger partial charge is 0.226 e. The van der Waals surface area contributed by atoms with Gasteiger partial charge in [-0.3, -0.25) is 4.79 Å². The molecule has 0 bridgehead atoms. The molecule has 1 aromatic rings. The van der Waals surface area contributed by atoms with Crippen LogP contribution in [0.1, 0.15) is 32.3 Å². The third-order valence-electron chi connectivity index (χ3n) is 4.25. The van der Waals surface area contributed by atoms with Crippen molar-refractivity contribution in [2.75, 3.05) is 19.6 Å². The van der Waals surface area contributed by atoms with Crippen molar-refractivity contribution in [1.82, 2.24) is 4.90 Å². The van der Waals surface area contributed by atoms with Crippen LogP contribution >= 0.6 is 0 Å². The summed E-state index contributed by atoms with van der Waals surface area (Å²) in [6.45, 7) is 6.27. The fraction of sp³-hybridized carbons (Fsp3) is 0.562. The van der Waals surface area contributed by atoms with Gasteiger partial charge in [-0.1, -0.05) is 44.2 Å². The molecule has 0 aromatic heterocycles. The second kappa shape index (κ2) is 5.74. The summed E-state index contributed by atoms with van der Waals surface area (Å²) in [5.41, 5.74) is 7.01. The average molecular weight is 260 g/mol. The molecule has 3 heteroatoms. The van der Waals surface area contributed by atoms with E-state index in [0.717, 1.165) is 25.9 Å². The maximum absolute atomic E-state index is 12.3. The lowest BCUT2D eigenvalue weighted by atomic mass is 9.75. The van der Waals surface area contributed by atoms with Crippen molar-refractivity contribution < 1.29 is 4.79 Å². The molecule has 104 valence electrons. The Hall–Kier alpha value is -1.35. The number of rotatable bonds is 3. The van der Waals surface area contributed by atoms with E-state index in [1.807, 2.05) is 17.9 Å². The molecule has 1 aliphatic rings. The van der Waals surface area contributed by atoms with Crippen molar-refractivity contribution in [3.8, 4) is 0 Å². The Labute approximate surface area is 115 Å². The third-order valence-corrected chi connectivity index (χ3v) is 4.25. The Morgan fingerprint density at radius 3 is 2.74 bits per heavy atom. The topological polar surface area (TPSA) is 46.3 Å². The molecule has 19 heavy (non-hydrogen) atoms. The highest BCUT2D eigenvalue weighted by Crippen LogP contribution is 2.33. The van der Waals surface area contributed by atoms with E-state index in [0.29, 0.717) is 6.54 Å². The quantitative estimate of drug-likeness (QED) is 0.905. The van der Waals surface area contributed by atoms with Crippen LogP contribution in [0.5, 0.6) is 0 Å². The molecule has 2 unspecified atom stereocenters. The van der Waals surface area contributed by atoms with Crippen molar-refractivity contribution in [3.05, 3.63) is 35.9 Å². The van der Waals surface area contributed by atoms with Crippen molar-refractivity contribution >= 4 is 5.91 Å². The maximum Gasteiger partial charge on any atom is 0.226 e. The van der Waals surface area contributed by atoms with Crippen LogP contribution in [0.15, 0.2) is 30.3 Å². The molecule has 3 nitrogen and oxygen atoms in total. The van der Waals surface area contributed by atoms with E-state index in [1.54, 1.807) is 0 Å². The van der Waals surface area contributed by atoms with Crippen LogP contribution < -0.4 is 5.73 Å². The minimum Gasteiger partial charge on any atom is -0.342 e. The molecule has 1 amide bonds. The molecular formula is C16H24N2O. The predicted octanol–water partition coefficient (Wildman–Crippen LogP) is 2.16. The zero-order valence-electron chi connectivity index (χ0n) is 11.9. The van der Waals surface area contributed by atoms with E-state index in [1.165, 1.54) is 5.56 Å². The molecule has 0 spiro atoms. The summed E-state index contributed by atoms with van der Waals surface area (Å²) in [6, 6.07) is 10.5. The standard InChI is InChI=1S/C16H24N2O/c1-13(11-17)15(19)18-10-6-9-16(2,12-18)14-7-4-3-5-8-14/h3-5,7-8,13H,6,9-12,17H2,1-2H3. The molecule has 0 saturated carbocycles. The van der Waals surface area contributed by atoms with Crippen LogP contribution in [-0.2, 0) is 10.2 Å². The number of benzene rings is 1. The highest BCUT2D eigenvalue weighted by molar-refractivity contribution is 5.79. The van der Waals surface area contributed by atoms with E-state index in [9.17, 15) is 4.79 Å². The van der Waals surface area contributed by atoms with E-state index in [4.69, 9.17) is 5.73 Å². The number of hydrogen-bond donors (Lipinski definition) is 1. The van der Waals surface area contributed by atoms with Crippen LogP contribution in [0.4, 0.5) is 0 Å².